The second-order valence-electron chi connectivity index (χ2n) is 6.48. The van der Waals surface area contributed by atoms with E-state index in [1.165, 1.54) is 17.0 Å². The molecule has 1 aliphatic rings. The number of nitrogens with one attached hydrogen (secondary N) is 1. The average molecular weight is 367 g/mol. The van der Waals surface area contributed by atoms with Crippen LogP contribution < -0.4 is 10.2 Å². The van der Waals surface area contributed by atoms with Gasteiger partial charge in [-0.3, -0.25) is 9.48 Å². The van der Waals surface area contributed by atoms with Crippen molar-refractivity contribution < 1.29 is 9.90 Å². The van der Waals surface area contributed by atoms with Crippen LogP contribution in [0.3, 0.4) is 0 Å². The molecule has 1 fully saturated rings. The van der Waals surface area contributed by atoms with Crippen LogP contribution in [0.15, 0.2) is 30.6 Å². The van der Waals surface area contributed by atoms with Crippen molar-refractivity contribution >= 4 is 28.9 Å². The Morgan fingerprint density at radius 2 is 2.11 bits per heavy atom. The number of pyridine rings is 1. The molecule has 4 heterocycles. The van der Waals surface area contributed by atoms with E-state index in [0.717, 1.165) is 25.9 Å². The molecule has 0 radical (unpaired) electrons. The second kappa shape index (κ2) is 6.75. The number of rotatable bonds is 4. The monoisotopic (exact) mass is 367 g/mol. The number of carbonyl (C=O) groups is 1. The van der Waals surface area contributed by atoms with Crippen molar-refractivity contribution in [3.05, 3.63) is 41.9 Å². The van der Waals surface area contributed by atoms with Gasteiger partial charge < -0.3 is 15.3 Å². The number of hydrogen-bond donors (Lipinski definition) is 2. The third-order valence-corrected chi connectivity index (χ3v) is 4.68. The molecule has 0 unspecified atom stereocenters. The number of amides is 1. The number of aliphatic hydroxyl groups excluding tert-OH is 1. The van der Waals surface area contributed by atoms with E-state index in [-0.39, 0.29) is 17.4 Å². The van der Waals surface area contributed by atoms with Crippen molar-refractivity contribution in [1.29, 1.82) is 0 Å². The topological polar surface area (TPSA) is 101 Å². The van der Waals surface area contributed by atoms with E-state index in [1.54, 1.807) is 36.8 Å². The molecule has 0 saturated carbocycles. The Morgan fingerprint density at radius 3 is 2.85 bits per heavy atom. The fraction of sp³-hybridized carbons (Fsp3) is 0.333. The number of aromatic nitrogens is 5. The molecule has 0 aliphatic carbocycles. The minimum absolute atomic E-state index is 0.0106. The van der Waals surface area contributed by atoms with Gasteiger partial charge in [0.15, 0.2) is 5.65 Å². The second-order valence-corrected chi connectivity index (χ2v) is 6.48. The highest BCUT2D eigenvalue weighted by atomic mass is 16.3. The molecule has 27 heavy (non-hydrogen) atoms. The van der Waals surface area contributed by atoms with E-state index in [9.17, 15) is 9.90 Å². The molecule has 2 N–H and O–H groups in total. The largest absolute Gasteiger partial charge is 0.508 e. The predicted octanol–water partition coefficient (Wildman–Crippen LogP) is 2.23. The normalized spacial score (nSPS) is 14.9. The van der Waals surface area contributed by atoms with Gasteiger partial charge in [0.2, 0.25) is 5.95 Å². The number of anilines is 2. The Kier molecular flexibility index (Phi) is 4.27. The molecule has 0 atom stereocenters. The highest BCUT2D eigenvalue weighted by Gasteiger charge is 2.20. The van der Waals surface area contributed by atoms with Gasteiger partial charge in [-0.2, -0.15) is 10.1 Å². The molecule has 1 saturated heterocycles. The molecule has 1 amide bonds. The summed E-state index contributed by atoms with van der Waals surface area (Å²) in [5.41, 5.74) is 1.93. The van der Waals surface area contributed by atoms with E-state index in [4.69, 9.17) is 0 Å². The standard InChI is InChI=1S/C18H21N7O2/c1-3-14(26)13-11-19-23(2)16(13)17(27)20-12-6-9-25-15(10-12)21-18(22-25)24-7-4-5-8-24/h3,6,9-11,26H,4-5,7-8H2,1-2H3,(H,20,27). The van der Waals surface area contributed by atoms with E-state index in [2.05, 4.69) is 25.4 Å². The SMILES string of the molecule is CC=C(O)c1cnn(C)c1C(=O)Nc1ccn2nc(N3CCCC3)nc2c1. The van der Waals surface area contributed by atoms with Crippen LogP contribution in [-0.4, -0.2) is 48.5 Å². The lowest BCUT2D eigenvalue weighted by atomic mass is 10.2. The molecule has 1 aliphatic heterocycles. The zero-order valence-electron chi connectivity index (χ0n) is 15.3. The van der Waals surface area contributed by atoms with Crippen molar-refractivity contribution in [2.45, 2.75) is 19.8 Å². The van der Waals surface area contributed by atoms with Crippen molar-refractivity contribution in [2.24, 2.45) is 7.05 Å². The number of aryl methyl sites for hydroxylation is 1. The van der Waals surface area contributed by atoms with Gasteiger partial charge in [-0.1, -0.05) is 0 Å². The molecule has 3 aromatic heterocycles. The number of aliphatic hydroxyl groups is 1. The van der Waals surface area contributed by atoms with E-state index >= 15 is 0 Å². The number of carbonyl (C=O) groups excluding carboxylic acids is 1. The first-order valence-corrected chi connectivity index (χ1v) is 8.87. The van der Waals surface area contributed by atoms with Gasteiger partial charge in [0.1, 0.15) is 11.5 Å². The maximum absolute atomic E-state index is 12.7. The van der Waals surface area contributed by atoms with Gasteiger partial charge in [-0.15, -0.1) is 5.10 Å². The Balaban J connectivity index is 1.60. The summed E-state index contributed by atoms with van der Waals surface area (Å²) in [5, 5.41) is 21.4. The summed E-state index contributed by atoms with van der Waals surface area (Å²) in [6, 6.07) is 3.54. The summed E-state index contributed by atoms with van der Waals surface area (Å²) in [4.78, 5) is 19.4. The first kappa shape index (κ1) is 17.1. The summed E-state index contributed by atoms with van der Waals surface area (Å²) >= 11 is 0. The summed E-state index contributed by atoms with van der Waals surface area (Å²) in [6.45, 7) is 3.64. The minimum Gasteiger partial charge on any atom is -0.508 e. The van der Waals surface area contributed by atoms with Gasteiger partial charge in [-0.05, 0) is 31.9 Å². The lowest BCUT2D eigenvalue weighted by molar-refractivity contribution is 0.101. The zero-order valence-corrected chi connectivity index (χ0v) is 15.3. The quantitative estimate of drug-likeness (QED) is 0.686. The third kappa shape index (κ3) is 3.12. The number of fused-ring (bicyclic) bond motifs is 1. The van der Waals surface area contributed by atoms with Gasteiger partial charge >= 0.3 is 0 Å². The van der Waals surface area contributed by atoms with Gasteiger partial charge in [0.25, 0.3) is 5.91 Å². The Hall–Kier alpha value is -3.36. The summed E-state index contributed by atoms with van der Waals surface area (Å²) in [5.74, 6) is 0.362. The highest BCUT2D eigenvalue weighted by Crippen LogP contribution is 2.21. The van der Waals surface area contributed by atoms with Crippen LogP contribution in [0.4, 0.5) is 11.6 Å². The fourth-order valence-electron chi connectivity index (χ4n) is 3.24. The van der Waals surface area contributed by atoms with Gasteiger partial charge in [0, 0.05) is 38.1 Å². The molecule has 140 valence electrons. The lowest BCUT2D eigenvalue weighted by Gasteiger charge is -2.10. The Bertz CT molecular complexity index is 1030. The van der Waals surface area contributed by atoms with Crippen LogP contribution >= 0.6 is 0 Å². The minimum atomic E-state index is -0.359. The molecule has 9 heteroatoms. The zero-order chi connectivity index (χ0) is 19.0. The Labute approximate surface area is 155 Å². The van der Waals surface area contributed by atoms with Crippen LogP contribution in [0.1, 0.15) is 35.8 Å². The van der Waals surface area contributed by atoms with Crippen molar-refractivity contribution in [3.8, 4) is 0 Å². The molecule has 0 spiro atoms. The number of nitrogens with zero attached hydrogens (tertiary/aromatic N) is 6. The lowest BCUT2D eigenvalue weighted by Crippen LogP contribution is -2.19. The van der Waals surface area contributed by atoms with Gasteiger partial charge in [0.05, 0.1) is 11.8 Å². The Morgan fingerprint density at radius 1 is 1.33 bits per heavy atom. The molecular weight excluding hydrogens is 346 g/mol. The van der Waals surface area contributed by atoms with E-state index < -0.39 is 0 Å². The molecule has 9 nitrogen and oxygen atoms in total. The molecule has 4 rings (SSSR count). The fourth-order valence-corrected chi connectivity index (χ4v) is 3.24. The number of hydrogen-bond acceptors (Lipinski definition) is 6. The van der Waals surface area contributed by atoms with Gasteiger partial charge in [-0.25, -0.2) is 4.52 Å². The first-order chi connectivity index (χ1) is 13.1. The molecule has 3 aromatic rings. The summed E-state index contributed by atoms with van der Waals surface area (Å²) in [7, 11) is 1.66. The van der Waals surface area contributed by atoms with Crippen LogP contribution in [0.25, 0.3) is 11.4 Å². The molecule has 0 bridgehead atoms. The smallest absolute Gasteiger partial charge is 0.274 e. The number of allylic oxidation sites excluding steroid dienone is 1. The van der Waals surface area contributed by atoms with Crippen LogP contribution in [0.2, 0.25) is 0 Å². The maximum atomic E-state index is 12.7. The van der Waals surface area contributed by atoms with Crippen molar-refractivity contribution in [1.82, 2.24) is 24.4 Å². The van der Waals surface area contributed by atoms with Crippen molar-refractivity contribution in [2.75, 3.05) is 23.3 Å². The molecular formula is C18H21N7O2. The molecule has 0 aromatic carbocycles. The summed E-state index contributed by atoms with van der Waals surface area (Å²) in [6.07, 6.45) is 7.07. The van der Waals surface area contributed by atoms with Crippen LogP contribution in [0.5, 0.6) is 0 Å². The average Bonchev–Trinajstić information content (AvgIpc) is 3.39. The predicted molar refractivity (Wildman–Crippen MR) is 102 cm³/mol. The highest BCUT2D eigenvalue weighted by molar-refractivity contribution is 6.06. The van der Waals surface area contributed by atoms with Crippen LogP contribution in [0, 0.1) is 0 Å². The first-order valence-electron chi connectivity index (χ1n) is 8.87. The maximum Gasteiger partial charge on any atom is 0.274 e. The summed E-state index contributed by atoms with van der Waals surface area (Å²) < 4.78 is 3.13. The van der Waals surface area contributed by atoms with Crippen LogP contribution in [-0.2, 0) is 7.05 Å². The van der Waals surface area contributed by atoms with E-state index in [1.807, 2.05) is 0 Å². The third-order valence-electron chi connectivity index (χ3n) is 4.68. The van der Waals surface area contributed by atoms with Crippen molar-refractivity contribution in [3.63, 3.8) is 0 Å². The van der Waals surface area contributed by atoms with E-state index in [0.29, 0.717) is 22.8 Å².